The van der Waals surface area contributed by atoms with Gasteiger partial charge in [-0.2, -0.15) is 9.29 Å². The molecule has 6 nitrogen and oxygen atoms in total. The highest BCUT2D eigenvalue weighted by Crippen LogP contribution is 2.38. The maximum Gasteiger partial charge on any atom is 0.245 e. The van der Waals surface area contributed by atoms with Crippen molar-refractivity contribution in [3.05, 3.63) is 64.0 Å². The summed E-state index contributed by atoms with van der Waals surface area (Å²) in [5.41, 5.74) is 3.27. The van der Waals surface area contributed by atoms with Crippen molar-refractivity contribution in [3.63, 3.8) is 0 Å². The molecular weight excluding hydrogens is 410 g/mol. The first-order valence-corrected chi connectivity index (χ1v) is 11.3. The largest absolute Gasteiger partial charge is 0.337 e. The monoisotopic (exact) mass is 431 g/mol. The molecule has 0 radical (unpaired) electrons. The van der Waals surface area contributed by atoms with Crippen LogP contribution in [0.3, 0.4) is 0 Å². The number of sulfonamides is 1. The van der Waals surface area contributed by atoms with E-state index >= 15 is 0 Å². The van der Waals surface area contributed by atoms with Gasteiger partial charge in [-0.05, 0) is 56.9 Å². The highest BCUT2D eigenvalue weighted by atomic mass is 35.5. The Morgan fingerprint density at radius 3 is 2.55 bits per heavy atom. The zero-order chi connectivity index (χ0) is 20.8. The van der Waals surface area contributed by atoms with Crippen LogP contribution >= 0.6 is 11.6 Å². The van der Waals surface area contributed by atoms with Gasteiger partial charge in [0.15, 0.2) is 0 Å². The Balaban J connectivity index is 1.70. The standard InChI is InChI=1S/C21H22ClN3O3S/c1-13-10-14(2)19(15(3)11-13)29(26,27)25-9-5-8-18(25)21-23-20(24-28-21)16-6-4-7-17(22)12-16/h4,6-7,10-12,18H,5,8-9H2,1-3H3/t18-/m1/s1. The predicted octanol–water partition coefficient (Wildman–Crippen LogP) is 4.84. The van der Waals surface area contributed by atoms with Crippen molar-refractivity contribution in [1.29, 1.82) is 0 Å². The molecule has 1 fully saturated rings. The van der Waals surface area contributed by atoms with Gasteiger partial charge in [-0.3, -0.25) is 0 Å². The van der Waals surface area contributed by atoms with E-state index < -0.39 is 16.1 Å². The van der Waals surface area contributed by atoms with Gasteiger partial charge in [0, 0.05) is 17.1 Å². The molecule has 0 amide bonds. The van der Waals surface area contributed by atoms with Crippen LogP contribution in [0.4, 0.5) is 0 Å². The lowest BCUT2D eigenvalue weighted by atomic mass is 10.1. The van der Waals surface area contributed by atoms with Crippen molar-refractivity contribution in [1.82, 2.24) is 14.4 Å². The van der Waals surface area contributed by atoms with Crippen LogP contribution in [0.15, 0.2) is 45.8 Å². The third-order valence-electron chi connectivity index (χ3n) is 5.18. The minimum atomic E-state index is -3.69. The molecule has 0 unspecified atom stereocenters. The Labute approximate surface area is 175 Å². The molecule has 152 valence electrons. The molecule has 4 rings (SSSR count). The molecule has 1 aliphatic rings. The van der Waals surface area contributed by atoms with Crippen molar-refractivity contribution in [2.45, 2.75) is 44.6 Å². The van der Waals surface area contributed by atoms with Crippen LogP contribution in [0.25, 0.3) is 11.4 Å². The molecule has 29 heavy (non-hydrogen) atoms. The summed E-state index contributed by atoms with van der Waals surface area (Å²) in [6.07, 6.45) is 1.38. The van der Waals surface area contributed by atoms with E-state index in [-0.39, 0.29) is 0 Å². The number of benzene rings is 2. The van der Waals surface area contributed by atoms with Gasteiger partial charge in [0.25, 0.3) is 0 Å². The van der Waals surface area contributed by atoms with Crippen molar-refractivity contribution in [2.75, 3.05) is 6.54 Å². The summed E-state index contributed by atoms with van der Waals surface area (Å²) in [7, 11) is -3.69. The molecular formula is C21H22ClN3O3S. The van der Waals surface area contributed by atoms with E-state index in [4.69, 9.17) is 16.1 Å². The molecule has 2 aromatic carbocycles. The van der Waals surface area contributed by atoms with Crippen molar-refractivity contribution in [2.24, 2.45) is 0 Å². The summed E-state index contributed by atoms with van der Waals surface area (Å²) in [4.78, 5) is 4.84. The van der Waals surface area contributed by atoms with Gasteiger partial charge in [-0.25, -0.2) is 8.42 Å². The highest BCUT2D eigenvalue weighted by Gasteiger charge is 2.40. The molecule has 0 bridgehead atoms. The number of rotatable bonds is 4. The van der Waals surface area contributed by atoms with E-state index in [2.05, 4.69) is 10.1 Å². The first-order valence-electron chi connectivity index (χ1n) is 9.46. The normalized spacial score (nSPS) is 17.7. The second-order valence-electron chi connectivity index (χ2n) is 7.47. The van der Waals surface area contributed by atoms with Crippen LogP contribution in [0.5, 0.6) is 0 Å². The van der Waals surface area contributed by atoms with Gasteiger partial charge in [-0.1, -0.05) is 46.6 Å². The second kappa shape index (κ2) is 7.55. The average Bonchev–Trinajstić information content (AvgIpc) is 3.30. The zero-order valence-electron chi connectivity index (χ0n) is 16.5. The zero-order valence-corrected chi connectivity index (χ0v) is 18.1. The fraction of sp³-hybridized carbons (Fsp3) is 0.333. The Hall–Kier alpha value is -2.22. The summed E-state index contributed by atoms with van der Waals surface area (Å²) in [6.45, 7) is 6.06. The van der Waals surface area contributed by atoms with Gasteiger partial charge >= 0.3 is 0 Å². The Morgan fingerprint density at radius 2 is 1.86 bits per heavy atom. The molecule has 1 atom stereocenters. The summed E-state index contributed by atoms with van der Waals surface area (Å²) in [5, 5.41) is 4.62. The summed E-state index contributed by atoms with van der Waals surface area (Å²) < 4.78 is 34.0. The summed E-state index contributed by atoms with van der Waals surface area (Å²) in [6, 6.07) is 10.5. The topological polar surface area (TPSA) is 76.3 Å². The number of aryl methyl sites for hydroxylation is 3. The van der Waals surface area contributed by atoms with Crippen LogP contribution in [0.1, 0.15) is 41.5 Å². The fourth-order valence-corrected chi connectivity index (χ4v) is 6.34. The third kappa shape index (κ3) is 3.70. The van der Waals surface area contributed by atoms with E-state index in [9.17, 15) is 8.42 Å². The molecule has 3 aromatic rings. The van der Waals surface area contributed by atoms with Gasteiger partial charge in [-0.15, -0.1) is 0 Å². The number of nitrogens with zero attached hydrogens (tertiary/aromatic N) is 3. The van der Waals surface area contributed by atoms with Gasteiger partial charge < -0.3 is 4.52 Å². The van der Waals surface area contributed by atoms with Crippen LogP contribution < -0.4 is 0 Å². The number of hydrogen-bond acceptors (Lipinski definition) is 5. The van der Waals surface area contributed by atoms with Crippen LogP contribution in [0.2, 0.25) is 5.02 Å². The van der Waals surface area contributed by atoms with Crippen molar-refractivity contribution in [3.8, 4) is 11.4 Å². The number of halogens is 1. The Kier molecular flexibility index (Phi) is 5.23. The molecule has 8 heteroatoms. The lowest BCUT2D eigenvalue weighted by molar-refractivity contribution is 0.290. The molecule has 0 N–H and O–H groups in total. The first-order chi connectivity index (χ1) is 13.8. The number of hydrogen-bond donors (Lipinski definition) is 0. The maximum absolute atomic E-state index is 13.5. The molecule has 1 aromatic heterocycles. The molecule has 0 aliphatic carbocycles. The smallest absolute Gasteiger partial charge is 0.245 e. The second-order valence-corrected chi connectivity index (χ2v) is 9.73. The summed E-state index contributed by atoms with van der Waals surface area (Å²) >= 11 is 6.05. The van der Waals surface area contributed by atoms with Crippen LogP contribution in [0, 0.1) is 20.8 Å². The third-order valence-corrected chi connectivity index (χ3v) is 7.63. The lowest BCUT2D eigenvalue weighted by Crippen LogP contribution is -2.32. The Morgan fingerprint density at radius 1 is 1.14 bits per heavy atom. The average molecular weight is 432 g/mol. The molecule has 0 spiro atoms. The van der Waals surface area contributed by atoms with E-state index in [1.807, 2.05) is 45.0 Å². The van der Waals surface area contributed by atoms with E-state index in [0.29, 0.717) is 34.6 Å². The molecule has 0 saturated carbocycles. The Bertz CT molecular complexity index is 1150. The summed E-state index contributed by atoms with van der Waals surface area (Å²) in [5.74, 6) is 0.706. The molecule has 2 heterocycles. The van der Waals surface area contributed by atoms with E-state index in [1.54, 1.807) is 12.1 Å². The highest BCUT2D eigenvalue weighted by molar-refractivity contribution is 7.89. The quantitative estimate of drug-likeness (QED) is 0.590. The number of aromatic nitrogens is 2. The van der Waals surface area contributed by atoms with Gasteiger partial charge in [0.2, 0.25) is 21.7 Å². The van der Waals surface area contributed by atoms with Gasteiger partial charge in [0.05, 0.1) is 4.90 Å². The molecule has 1 saturated heterocycles. The fourth-order valence-electron chi connectivity index (χ4n) is 4.08. The van der Waals surface area contributed by atoms with E-state index in [0.717, 1.165) is 28.7 Å². The molecule has 1 aliphatic heterocycles. The van der Waals surface area contributed by atoms with Crippen molar-refractivity contribution >= 4 is 21.6 Å². The predicted molar refractivity (Wildman–Crippen MR) is 111 cm³/mol. The van der Waals surface area contributed by atoms with Crippen LogP contribution in [-0.2, 0) is 10.0 Å². The van der Waals surface area contributed by atoms with Crippen molar-refractivity contribution < 1.29 is 12.9 Å². The lowest BCUT2D eigenvalue weighted by Gasteiger charge is -2.23. The minimum absolute atomic E-state index is 0.309. The minimum Gasteiger partial charge on any atom is -0.337 e. The SMILES string of the molecule is Cc1cc(C)c(S(=O)(=O)N2CCC[C@@H]2c2nc(-c3cccc(Cl)c3)no2)c(C)c1. The maximum atomic E-state index is 13.5. The van der Waals surface area contributed by atoms with Crippen LogP contribution in [-0.4, -0.2) is 29.4 Å². The van der Waals surface area contributed by atoms with E-state index in [1.165, 1.54) is 4.31 Å². The van der Waals surface area contributed by atoms with Gasteiger partial charge in [0.1, 0.15) is 6.04 Å². The first kappa shape index (κ1) is 20.1.